The van der Waals surface area contributed by atoms with E-state index in [-0.39, 0.29) is 22.5 Å². The minimum atomic E-state index is -4.63. The van der Waals surface area contributed by atoms with Crippen molar-refractivity contribution in [3.8, 4) is 16.3 Å². The summed E-state index contributed by atoms with van der Waals surface area (Å²) in [5.41, 5.74) is 3.93. The van der Waals surface area contributed by atoms with E-state index in [1.807, 2.05) is 0 Å². The lowest BCUT2D eigenvalue weighted by Crippen LogP contribution is -2.41. The van der Waals surface area contributed by atoms with Crippen molar-refractivity contribution in [3.63, 3.8) is 0 Å². The first-order valence-corrected chi connectivity index (χ1v) is 10.7. The second kappa shape index (κ2) is 9.38. The third kappa shape index (κ3) is 5.19. The highest BCUT2D eigenvalue weighted by molar-refractivity contribution is 7.13. The summed E-state index contributed by atoms with van der Waals surface area (Å²) < 4.78 is 40.9. The van der Waals surface area contributed by atoms with E-state index >= 15 is 0 Å². The molecule has 0 bridgehead atoms. The third-order valence-electron chi connectivity index (χ3n) is 4.78. The van der Waals surface area contributed by atoms with Gasteiger partial charge in [-0.15, -0.1) is 11.3 Å². The Morgan fingerprint density at radius 2 is 1.51 bits per heavy atom. The van der Waals surface area contributed by atoms with E-state index in [1.165, 1.54) is 47.7 Å². The fourth-order valence-electron chi connectivity index (χ4n) is 3.06. The molecular formula is C22H14F3N5O4S. The standard InChI is InChI=1S/C22H14F3N5O4S/c23-22(24,25)19-12-17(18-2-1-11-35-18)29(28-19)15-7-3-13(4-8-15)20(31)26-27-21(32)14-5-9-16(10-6-14)30(33)34/h1-12H,(H,26,31)(H,27,32). The predicted octanol–water partition coefficient (Wildman–Crippen LogP) is 4.60. The summed E-state index contributed by atoms with van der Waals surface area (Å²) in [5.74, 6) is -1.37. The molecule has 4 rings (SSSR count). The summed E-state index contributed by atoms with van der Waals surface area (Å²) in [6.45, 7) is 0. The summed E-state index contributed by atoms with van der Waals surface area (Å²) in [5, 5.41) is 16.1. The van der Waals surface area contributed by atoms with Gasteiger partial charge in [-0.25, -0.2) is 4.68 Å². The summed E-state index contributed by atoms with van der Waals surface area (Å²) >= 11 is 1.26. The topological polar surface area (TPSA) is 119 Å². The molecule has 2 amide bonds. The highest BCUT2D eigenvalue weighted by Crippen LogP contribution is 2.34. The number of nitrogens with zero attached hydrogens (tertiary/aromatic N) is 3. The molecule has 35 heavy (non-hydrogen) atoms. The van der Waals surface area contributed by atoms with E-state index in [1.54, 1.807) is 17.5 Å². The summed E-state index contributed by atoms with van der Waals surface area (Å²) in [7, 11) is 0. The van der Waals surface area contributed by atoms with Crippen LogP contribution in [0.2, 0.25) is 0 Å². The number of aromatic nitrogens is 2. The number of hydrogen-bond donors (Lipinski definition) is 2. The molecule has 0 unspecified atom stereocenters. The highest BCUT2D eigenvalue weighted by Gasteiger charge is 2.35. The number of non-ortho nitro benzene ring substituents is 1. The van der Waals surface area contributed by atoms with Crippen molar-refractivity contribution in [2.45, 2.75) is 6.18 Å². The normalized spacial score (nSPS) is 11.2. The van der Waals surface area contributed by atoms with Crippen molar-refractivity contribution in [1.29, 1.82) is 0 Å². The second-order valence-electron chi connectivity index (χ2n) is 7.06. The number of nitrogens with one attached hydrogen (secondary N) is 2. The maximum atomic E-state index is 13.2. The lowest BCUT2D eigenvalue weighted by atomic mass is 10.2. The fourth-order valence-corrected chi connectivity index (χ4v) is 3.79. The smallest absolute Gasteiger partial charge is 0.267 e. The molecule has 2 N–H and O–H groups in total. The van der Waals surface area contributed by atoms with Gasteiger partial charge >= 0.3 is 6.18 Å². The molecule has 0 spiro atoms. The molecule has 0 aliphatic heterocycles. The predicted molar refractivity (Wildman–Crippen MR) is 120 cm³/mol. The van der Waals surface area contributed by atoms with Gasteiger partial charge in [-0.05, 0) is 53.9 Å². The van der Waals surface area contributed by atoms with Crippen molar-refractivity contribution in [3.05, 3.63) is 99.0 Å². The van der Waals surface area contributed by atoms with Crippen molar-refractivity contribution in [2.24, 2.45) is 0 Å². The number of carbonyl (C=O) groups excluding carboxylic acids is 2. The number of nitro groups is 1. The van der Waals surface area contributed by atoms with Crippen LogP contribution in [0.15, 0.2) is 72.1 Å². The first kappa shape index (κ1) is 23.6. The third-order valence-corrected chi connectivity index (χ3v) is 5.67. The Hall–Kier alpha value is -4.52. The number of carbonyl (C=O) groups is 2. The van der Waals surface area contributed by atoms with Gasteiger partial charge in [0.2, 0.25) is 0 Å². The van der Waals surface area contributed by atoms with Crippen molar-refractivity contribution in [1.82, 2.24) is 20.6 Å². The van der Waals surface area contributed by atoms with E-state index in [9.17, 15) is 32.9 Å². The van der Waals surface area contributed by atoms with Gasteiger partial charge in [-0.2, -0.15) is 18.3 Å². The van der Waals surface area contributed by atoms with E-state index in [4.69, 9.17) is 0 Å². The van der Waals surface area contributed by atoms with Crippen LogP contribution in [0.1, 0.15) is 26.4 Å². The quantitative estimate of drug-likeness (QED) is 0.306. The zero-order valence-corrected chi connectivity index (χ0v) is 18.3. The first-order chi connectivity index (χ1) is 16.6. The van der Waals surface area contributed by atoms with E-state index in [0.717, 1.165) is 22.9 Å². The Morgan fingerprint density at radius 1 is 0.943 bits per heavy atom. The molecule has 2 aromatic heterocycles. The number of amides is 2. The summed E-state index contributed by atoms with van der Waals surface area (Å²) in [6.07, 6.45) is -4.63. The molecule has 0 saturated carbocycles. The van der Waals surface area contributed by atoms with Crippen molar-refractivity contribution in [2.75, 3.05) is 0 Å². The maximum Gasteiger partial charge on any atom is 0.435 e. The van der Waals surface area contributed by atoms with Crippen LogP contribution in [-0.2, 0) is 6.18 Å². The molecule has 0 radical (unpaired) electrons. The van der Waals surface area contributed by atoms with Crippen LogP contribution in [0.5, 0.6) is 0 Å². The van der Waals surface area contributed by atoms with Crippen molar-refractivity contribution >= 4 is 28.8 Å². The molecule has 0 saturated heterocycles. The Labute approximate surface area is 198 Å². The van der Waals surface area contributed by atoms with Crippen LogP contribution in [0, 0.1) is 10.1 Å². The minimum Gasteiger partial charge on any atom is -0.267 e. The van der Waals surface area contributed by atoms with Crippen LogP contribution in [0.3, 0.4) is 0 Å². The molecule has 4 aromatic rings. The summed E-state index contributed by atoms with van der Waals surface area (Å²) in [6, 6.07) is 14.7. The SMILES string of the molecule is O=C(NNC(=O)c1ccc([N+](=O)[O-])cc1)c1ccc(-n2nc(C(F)(F)F)cc2-c2cccs2)cc1. The zero-order chi connectivity index (χ0) is 25.2. The molecule has 0 atom stereocenters. The lowest BCUT2D eigenvalue weighted by molar-refractivity contribution is -0.384. The fraction of sp³-hybridized carbons (Fsp3) is 0.0455. The van der Waals surface area contributed by atoms with E-state index < -0.39 is 28.6 Å². The van der Waals surface area contributed by atoms with Gasteiger partial charge in [0.15, 0.2) is 5.69 Å². The molecular weight excluding hydrogens is 487 g/mol. The summed E-state index contributed by atoms with van der Waals surface area (Å²) in [4.78, 5) is 35.2. The molecule has 2 aromatic carbocycles. The number of hydrazine groups is 1. The molecule has 0 aliphatic rings. The Bertz CT molecular complexity index is 1380. The van der Waals surface area contributed by atoms with Gasteiger partial charge in [-0.3, -0.25) is 30.6 Å². The zero-order valence-electron chi connectivity index (χ0n) is 17.4. The van der Waals surface area contributed by atoms with E-state index in [2.05, 4.69) is 16.0 Å². The van der Waals surface area contributed by atoms with Gasteiger partial charge < -0.3 is 0 Å². The number of benzene rings is 2. The molecule has 13 heteroatoms. The van der Waals surface area contributed by atoms with Crippen LogP contribution in [0.4, 0.5) is 18.9 Å². The largest absolute Gasteiger partial charge is 0.435 e. The Kier molecular flexibility index (Phi) is 6.34. The lowest BCUT2D eigenvalue weighted by Gasteiger charge is -2.09. The number of rotatable bonds is 5. The number of thiophene rings is 1. The molecule has 0 fully saturated rings. The number of alkyl halides is 3. The van der Waals surface area contributed by atoms with Gasteiger partial charge in [0, 0.05) is 23.3 Å². The number of nitro benzene ring substituents is 1. The van der Waals surface area contributed by atoms with Gasteiger partial charge in [0.25, 0.3) is 17.5 Å². The average molecular weight is 501 g/mol. The van der Waals surface area contributed by atoms with Crippen LogP contribution in [-0.4, -0.2) is 26.5 Å². The highest BCUT2D eigenvalue weighted by atomic mass is 32.1. The monoisotopic (exact) mass is 501 g/mol. The Balaban J connectivity index is 1.48. The molecule has 178 valence electrons. The maximum absolute atomic E-state index is 13.2. The van der Waals surface area contributed by atoms with Crippen LogP contribution < -0.4 is 10.9 Å². The van der Waals surface area contributed by atoms with Crippen LogP contribution >= 0.6 is 11.3 Å². The minimum absolute atomic E-state index is 0.0894. The first-order valence-electron chi connectivity index (χ1n) is 9.80. The molecule has 0 aliphatic carbocycles. The second-order valence-corrected chi connectivity index (χ2v) is 8.01. The molecule has 9 nitrogen and oxygen atoms in total. The Morgan fingerprint density at radius 3 is 2.00 bits per heavy atom. The number of halogens is 3. The van der Waals surface area contributed by atoms with Gasteiger partial charge in [0.05, 0.1) is 21.2 Å². The van der Waals surface area contributed by atoms with Gasteiger partial charge in [0.1, 0.15) is 0 Å². The van der Waals surface area contributed by atoms with Gasteiger partial charge in [-0.1, -0.05) is 6.07 Å². The van der Waals surface area contributed by atoms with E-state index in [0.29, 0.717) is 10.6 Å². The van der Waals surface area contributed by atoms with Crippen molar-refractivity contribution < 1.29 is 27.7 Å². The molecule has 2 heterocycles. The number of hydrogen-bond acceptors (Lipinski definition) is 6. The van der Waals surface area contributed by atoms with Crippen LogP contribution in [0.25, 0.3) is 16.3 Å². The average Bonchev–Trinajstić information content (AvgIpc) is 3.52.